The van der Waals surface area contributed by atoms with Gasteiger partial charge in [-0.1, -0.05) is 60.7 Å². The Morgan fingerprint density at radius 2 is 1.63 bits per heavy atom. The SMILES string of the molecule is CC(C)N(Cc1ccccc1)C(=O)[C@H](NS(=O)(=O)c1ccc2c(c1)CCC(=O)N2)c1ccccc1. The van der Waals surface area contributed by atoms with E-state index in [0.717, 1.165) is 11.1 Å². The Hall–Kier alpha value is -3.49. The van der Waals surface area contributed by atoms with Crippen molar-refractivity contribution >= 4 is 27.5 Å². The van der Waals surface area contributed by atoms with Crippen molar-refractivity contribution in [2.24, 2.45) is 0 Å². The molecule has 3 aromatic rings. The molecule has 1 heterocycles. The topological polar surface area (TPSA) is 95.6 Å². The Balaban J connectivity index is 1.66. The molecule has 2 N–H and O–H groups in total. The van der Waals surface area contributed by atoms with Crippen LogP contribution < -0.4 is 10.0 Å². The largest absolute Gasteiger partial charge is 0.334 e. The van der Waals surface area contributed by atoms with Crippen LogP contribution in [0.15, 0.2) is 83.8 Å². The van der Waals surface area contributed by atoms with Crippen LogP contribution in [0.1, 0.15) is 43.0 Å². The first-order valence-electron chi connectivity index (χ1n) is 11.6. The smallest absolute Gasteiger partial charge is 0.245 e. The van der Waals surface area contributed by atoms with Gasteiger partial charge >= 0.3 is 0 Å². The van der Waals surface area contributed by atoms with Gasteiger partial charge in [0.1, 0.15) is 6.04 Å². The maximum atomic E-state index is 13.8. The fourth-order valence-electron chi connectivity index (χ4n) is 4.12. The third-order valence-electron chi connectivity index (χ3n) is 6.04. The van der Waals surface area contributed by atoms with E-state index in [4.69, 9.17) is 0 Å². The highest BCUT2D eigenvalue weighted by atomic mass is 32.2. The number of aryl methyl sites for hydroxylation is 1. The Morgan fingerprint density at radius 1 is 0.971 bits per heavy atom. The van der Waals surface area contributed by atoms with Crippen molar-refractivity contribution in [1.29, 1.82) is 0 Å². The second kappa shape index (κ2) is 10.4. The summed E-state index contributed by atoms with van der Waals surface area (Å²) in [6, 6.07) is 21.8. The zero-order valence-corrected chi connectivity index (χ0v) is 20.6. The van der Waals surface area contributed by atoms with Gasteiger partial charge in [-0.3, -0.25) is 9.59 Å². The number of hydrogen-bond donors (Lipinski definition) is 2. The summed E-state index contributed by atoms with van der Waals surface area (Å²) in [4.78, 5) is 27.2. The van der Waals surface area contributed by atoms with E-state index in [9.17, 15) is 18.0 Å². The molecular formula is C27H29N3O4S. The molecule has 0 spiro atoms. The normalized spacial score (nSPS) is 14.2. The second-order valence-corrected chi connectivity index (χ2v) is 10.6. The number of hydrogen-bond acceptors (Lipinski definition) is 4. The van der Waals surface area contributed by atoms with Gasteiger partial charge in [-0.15, -0.1) is 0 Å². The Kier molecular flexibility index (Phi) is 7.33. The average molecular weight is 492 g/mol. The van der Waals surface area contributed by atoms with Gasteiger partial charge in [-0.25, -0.2) is 8.42 Å². The lowest BCUT2D eigenvalue weighted by Crippen LogP contribution is -2.45. The quantitative estimate of drug-likeness (QED) is 0.497. The van der Waals surface area contributed by atoms with Crippen molar-refractivity contribution in [1.82, 2.24) is 9.62 Å². The molecular weight excluding hydrogens is 462 g/mol. The lowest BCUT2D eigenvalue weighted by molar-refractivity contribution is -0.135. The molecule has 0 unspecified atom stereocenters. The number of sulfonamides is 1. The van der Waals surface area contributed by atoms with E-state index < -0.39 is 16.1 Å². The van der Waals surface area contributed by atoms with Crippen LogP contribution in [0.5, 0.6) is 0 Å². The van der Waals surface area contributed by atoms with E-state index in [1.807, 2.05) is 50.2 Å². The van der Waals surface area contributed by atoms with E-state index >= 15 is 0 Å². The molecule has 1 aliphatic heterocycles. The second-order valence-electron chi connectivity index (χ2n) is 8.88. The summed E-state index contributed by atoms with van der Waals surface area (Å²) < 4.78 is 29.6. The average Bonchev–Trinajstić information content (AvgIpc) is 2.86. The summed E-state index contributed by atoms with van der Waals surface area (Å²) in [7, 11) is -4.04. The summed E-state index contributed by atoms with van der Waals surface area (Å²) in [6.45, 7) is 4.19. The van der Waals surface area contributed by atoms with Crippen LogP contribution in [-0.2, 0) is 32.6 Å². The van der Waals surface area contributed by atoms with Crippen molar-refractivity contribution in [2.75, 3.05) is 5.32 Å². The van der Waals surface area contributed by atoms with E-state index in [-0.39, 0.29) is 22.8 Å². The fourth-order valence-corrected chi connectivity index (χ4v) is 5.35. The minimum Gasteiger partial charge on any atom is -0.334 e. The van der Waals surface area contributed by atoms with Gasteiger partial charge in [0.05, 0.1) is 4.90 Å². The predicted molar refractivity (Wildman–Crippen MR) is 135 cm³/mol. The zero-order valence-electron chi connectivity index (χ0n) is 19.8. The molecule has 2 amide bonds. The highest BCUT2D eigenvalue weighted by molar-refractivity contribution is 7.89. The minimum atomic E-state index is -4.04. The molecule has 0 fully saturated rings. The van der Waals surface area contributed by atoms with Crippen molar-refractivity contribution in [2.45, 2.75) is 50.2 Å². The number of nitrogens with one attached hydrogen (secondary N) is 2. The number of fused-ring (bicyclic) bond motifs is 1. The van der Waals surface area contributed by atoms with Gasteiger partial charge in [-0.2, -0.15) is 4.72 Å². The molecule has 1 aliphatic rings. The van der Waals surface area contributed by atoms with E-state index in [1.54, 1.807) is 41.3 Å². The predicted octanol–water partition coefficient (Wildman–Crippen LogP) is 4.03. The van der Waals surface area contributed by atoms with Crippen LogP contribution in [0.25, 0.3) is 0 Å². The summed E-state index contributed by atoms with van der Waals surface area (Å²) in [5.41, 5.74) is 2.89. The molecule has 35 heavy (non-hydrogen) atoms. The molecule has 0 radical (unpaired) electrons. The first-order chi connectivity index (χ1) is 16.7. The van der Waals surface area contributed by atoms with Crippen LogP contribution in [-0.4, -0.2) is 31.2 Å². The van der Waals surface area contributed by atoms with Gasteiger partial charge in [0.2, 0.25) is 21.8 Å². The number of carbonyl (C=O) groups is 2. The van der Waals surface area contributed by atoms with Crippen molar-refractivity contribution in [3.63, 3.8) is 0 Å². The Bertz CT molecular complexity index is 1310. The lowest BCUT2D eigenvalue weighted by Gasteiger charge is -2.31. The molecule has 0 aliphatic carbocycles. The van der Waals surface area contributed by atoms with Crippen LogP contribution in [0, 0.1) is 0 Å². The zero-order chi connectivity index (χ0) is 25.0. The Morgan fingerprint density at radius 3 is 2.29 bits per heavy atom. The number of benzene rings is 3. The van der Waals surface area contributed by atoms with Crippen LogP contribution in [0.3, 0.4) is 0 Å². The minimum absolute atomic E-state index is 0.0558. The number of anilines is 1. The fraction of sp³-hybridized carbons (Fsp3) is 0.259. The summed E-state index contributed by atoms with van der Waals surface area (Å²) in [6.07, 6.45) is 0.766. The maximum Gasteiger partial charge on any atom is 0.245 e. The van der Waals surface area contributed by atoms with Crippen LogP contribution in [0.2, 0.25) is 0 Å². The molecule has 182 valence electrons. The number of amides is 2. The molecule has 7 nitrogen and oxygen atoms in total. The summed E-state index contributed by atoms with van der Waals surface area (Å²) >= 11 is 0. The first kappa shape index (κ1) is 24.6. The number of rotatable bonds is 8. The summed E-state index contributed by atoms with van der Waals surface area (Å²) in [5, 5.41) is 2.76. The molecule has 0 saturated carbocycles. The van der Waals surface area contributed by atoms with Crippen molar-refractivity contribution in [3.8, 4) is 0 Å². The molecule has 1 atom stereocenters. The summed E-state index contributed by atoms with van der Waals surface area (Å²) in [5.74, 6) is -0.419. The van der Waals surface area contributed by atoms with E-state index in [2.05, 4.69) is 10.0 Å². The van der Waals surface area contributed by atoms with Gasteiger partial charge in [0.25, 0.3) is 0 Å². The highest BCUT2D eigenvalue weighted by Crippen LogP contribution is 2.27. The third kappa shape index (κ3) is 5.78. The number of carbonyl (C=O) groups excluding carboxylic acids is 2. The highest BCUT2D eigenvalue weighted by Gasteiger charge is 2.32. The molecule has 0 saturated heterocycles. The first-order valence-corrected chi connectivity index (χ1v) is 13.1. The van der Waals surface area contributed by atoms with Gasteiger partial charge in [0, 0.05) is 24.7 Å². The van der Waals surface area contributed by atoms with Crippen molar-refractivity contribution in [3.05, 3.63) is 95.6 Å². The number of nitrogens with zero attached hydrogens (tertiary/aromatic N) is 1. The van der Waals surface area contributed by atoms with Gasteiger partial charge < -0.3 is 10.2 Å². The third-order valence-corrected chi connectivity index (χ3v) is 7.46. The Labute approximate surface area is 206 Å². The molecule has 0 bridgehead atoms. The van der Waals surface area contributed by atoms with Crippen LogP contribution >= 0.6 is 0 Å². The van der Waals surface area contributed by atoms with Crippen molar-refractivity contribution < 1.29 is 18.0 Å². The monoisotopic (exact) mass is 491 g/mol. The van der Waals surface area contributed by atoms with E-state index in [1.165, 1.54) is 6.07 Å². The van der Waals surface area contributed by atoms with E-state index in [0.29, 0.717) is 30.6 Å². The standard InChI is InChI=1S/C27H29N3O4S/c1-19(2)30(18-20-9-5-3-6-10-20)27(32)26(21-11-7-4-8-12-21)29-35(33,34)23-14-15-24-22(17-23)13-16-25(31)28-24/h3-12,14-15,17,19,26,29H,13,16,18H2,1-2H3,(H,28,31)/t26-/m1/s1. The van der Waals surface area contributed by atoms with Gasteiger partial charge in [0.15, 0.2) is 0 Å². The van der Waals surface area contributed by atoms with Crippen LogP contribution in [0.4, 0.5) is 5.69 Å². The lowest BCUT2D eigenvalue weighted by atomic mass is 10.0. The van der Waals surface area contributed by atoms with Gasteiger partial charge in [-0.05, 0) is 55.2 Å². The molecule has 4 rings (SSSR count). The molecule has 8 heteroatoms. The maximum absolute atomic E-state index is 13.8. The molecule has 3 aromatic carbocycles. The molecule has 0 aromatic heterocycles.